The number of halogens is 1. The molecule has 138 valence electrons. The van der Waals surface area contributed by atoms with Gasteiger partial charge in [0.1, 0.15) is 5.75 Å². The molecule has 1 heterocycles. The third kappa shape index (κ3) is 4.16. The number of aliphatic hydroxyl groups excluding tert-OH is 1. The fraction of sp³-hybridized carbons (Fsp3) is 0.500. The average Bonchev–Trinajstić information content (AvgIpc) is 2.78. The molecule has 0 aliphatic carbocycles. The van der Waals surface area contributed by atoms with Crippen LogP contribution in [0.1, 0.15) is 23.0 Å². The van der Waals surface area contributed by atoms with E-state index < -0.39 is 6.10 Å². The lowest BCUT2D eigenvalue weighted by Gasteiger charge is -2.18. The zero-order valence-corrected chi connectivity index (χ0v) is 16.9. The predicted molar refractivity (Wildman–Crippen MR) is 101 cm³/mol. The summed E-state index contributed by atoms with van der Waals surface area (Å²) < 4.78 is 13.3. The summed E-state index contributed by atoms with van der Waals surface area (Å²) >= 11 is 3.49. The maximum absolute atomic E-state index is 12.5. The number of aliphatic hydroxyl groups is 1. The number of hydrogen-bond acceptors (Lipinski definition) is 5. The Balaban J connectivity index is 2.62. The third-order valence-electron chi connectivity index (χ3n) is 4.05. The molecule has 2 aromatic rings. The SMILES string of the molecule is CCOC(=O)c1c(C)n(C[C@H](O)CN(C)C)c2cc(Br)c(OC)cc12. The van der Waals surface area contributed by atoms with E-state index >= 15 is 0 Å². The quantitative estimate of drug-likeness (QED) is 0.708. The Morgan fingerprint density at radius 1 is 1.40 bits per heavy atom. The van der Waals surface area contributed by atoms with Gasteiger partial charge < -0.3 is 24.0 Å². The number of aromatic nitrogens is 1. The standard InChI is InChI=1S/C18H25BrN2O4/c1-6-25-18(23)17-11(2)21(10-12(22)9-20(3)4)15-8-14(19)16(24-5)7-13(15)17/h7-8,12,22H,6,9-10H2,1-5H3/t12-/m1/s1. The summed E-state index contributed by atoms with van der Waals surface area (Å²) in [5, 5.41) is 11.1. The molecule has 1 N–H and O–H groups in total. The lowest BCUT2D eigenvalue weighted by Crippen LogP contribution is -2.29. The minimum atomic E-state index is -0.555. The van der Waals surface area contributed by atoms with Crippen molar-refractivity contribution in [3.05, 3.63) is 27.9 Å². The Bertz CT molecular complexity index is 770. The second kappa shape index (κ2) is 8.21. The number of hydrogen-bond donors (Lipinski definition) is 1. The van der Waals surface area contributed by atoms with Gasteiger partial charge in [0.2, 0.25) is 0 Å². The maximum Gasteiger partial charge on any atom is 0.340 e. The topological polar surface area (TPSA) is 63.9 Å². The van der Waals surface area contributed by atoms with E-state index in [1.165, 1.54) is 0 Å². The van der Waals surface area contributed by atoms with Gasteiger partial charge in [0, 0.05) is 17.6 Å². The van der Waals surface area contributed by atoms with Crippen LogP contribution in [0.2, 0.25) is 0 Å². The van der Waals surface area contributed by atoms with Crippen molar-refractivity contribution in [2.24, 2.45) is 0 Å². The first-order valence-electron chi connectivity index (χ1n) is 8.16. The van der Waals surface area contributed by atoms with E-state index in [1.54, 1.807) is 14.0 Å². The maximum atomic E-state index is 12.5. The first-order chi connectivity index (χ1) is 11.8. The third-order valence-corrected chi connectivity index (χ3v) is 4.67. The zero-order valence-electron chi connectivity index (χ0n) is 15.3. The number of rotatable bonds is 7. The molecule has 0 saturated carbocycles. The highest BCUT2D eigenvalue weighted by molar-refractivity contribution is 9.10. The van der Waals surface area contributed by atoms with E-state index in [0.717, 1.165) is 21.1 Å². The summed E-state index contributed by atoms with van der Waals surface area (Å²) in [5.74, 6) is 0.277. The lowest BCUT2D eigenvalue weighted by molar-refractivity contribution is 0.0526. The zero-order chi connectivity index (χ0) is 18.7. The highest BCUT2D eigenvalue weighted by Gasteiger charge is 2.23. The van der Waals surface area contributed by atoms with Crippen molar-refractivity contribution in [3.8, 4) is 5.75 Å². The normalized spacial score (nSPS) is 12.6. The predicted octanol–water partition coefficient (Wildman–Crippen LogP) is 2.82. The molecule has 6 nitrogen and oxygen atoms in total. The van der Waals surface area contributed by atoms with Crippen molar-refractivity contribution in [3.63, 3.8) is 0 Å². The number of carbonyl (C=O) groups excluding carboxylic acids is 1. The van der Waals surface area contributed by atoms with Gasteiger partial charge in [-0.2, -0.15) is 0 Å². The molecular weight excluding hydrogens is 388 g/mol. The van der Waals surface area contributed by atoms with Crippen molar-refractivity contribution in [2.45, 2.75) is 26.5 Å². The van der Waals surface area contributed by atoms with Gasteiger partial charge in [-0.15, -0.1) is 0 Å². The van der Waals surface area contributed by atoms with E-state index in [0.29, 0.717) is 31.0 Å². The Morgan fingerprint density at radius 2 is 2.08 bits per heavy atom. The molecule has 2 rings (SSSR count). The highest BCUT2D eigenvalue weighted by atomic mass is 79.9. The Kier molecular flexibility index (Phi) is 6.48. The summed E-state index contributed by atoms with van der Waals surface area (Å²) in [6, 6.07) is 3.74. The van der Waals surface area contributed by atoms with E-state index in [4.69, 9.17) is 9.47 Å². The molecule has 0 unspecified atom stereocenters. The van der Waals surface area contributed by atoms with Gasteiger partial charge >= 0.3 is 5.97 Å². The minimum absolute atomic E-state index is 0.307. The van der Waals surface area contributed by atoms with Crippen LogP contribution in [0.3, 0.4) is 0 Å². The van der Waals surface area contributed by atoms with Crippen molar-refractivity contribution in [1.29, 1.82) is 0 Å². The summed E-state index contributed by atoms with van der Waals surface area (Å²) in [7, 11) is 5.41. The van der Waals surface area contributed by atoms with E-state index in [9.17, 15) is 9.90 Å². The van der Waals surface area contributed by atoms with E-state index in [2.05, 4.69) is 15.9 Å². The summed E-state index contributed by atoms with van der Waals surface area (Å²) in [6.07, 6.45) is -0.555. The van der Waals surface area contributed by atoms with Crippen LogP contribution < -0.4 is 4.74 Å². The van der Waals surface area contributed by atoms with Crippen molar-refractivity contribution < 1.29 is 19.4 Å². The van der Waals surface area contributed by atoms with Crippen LogP contribution in [0, 0.1) is 6.92 Å². The van der Waals surface area contributed by atoms with Gasteiger partial charge in [-0.25, -0.2) is 4.79 Å². The molecule has 0 amide bonds. The second-order valence-electron chi connectivity index (χ2n) is 6.21. The number of fused-ring (bicyclic) bond motifs is 1. The van der Waals surface area contributed by atoms with Gasteiger partial charge in [0.05, 0.1) is 41.9 Å². The number of nitrogens with zero attached hydrogens (tertiary/aromatic N) is 2. The summed E-state index contributed by atoms with van der Waals surface area (Å²) in [5.41, 5.74) is 2.14. The number of carbonyl (C=O) groups is 1. The van der Waals surface area contributed by atoms with Gasteiger partial charge in [-0.1, -0.05) is 0 Å². The smallest absolute Gasteiger partial charge is 0.340 e. The Labute approximate surface area is 156 Å². The van der Waals surface area contributed by atoms with Gasteiger partial charge in [0.15, 0.2) is 0 Å². The molecule has 0 aliphatic heterocycles. The molecule has 1 aromatic carbocycles. The first-order valence-corrected chi connectivity index (χ1v) is 8.95. The second-order valence-corrected chi connectivity index (χ2v) is 7.07. The molecule has 0 aliphatic rings. The number of esters is 1. The minimum Gasteiger partial charge on any atom is -0.496 e. The van der Waals surface area contributed by atoms with Crippen molar-refractivity contribution in [2.75, 3.05) is 34.4 Å². The molecule has 7 heteroatoms. The lowest BCUT2D eigenvalue weighted by atomic mass is 10.1. The number of methoxy groups -OCH3 is 1. The van der Waals surface area contributed by atoms with Crippen LogP contribution in [0.4, 0.5) is 0 Å². The van der Waals surface area contributed by atoms with E-state index in [1.807, 2.05) is 42.6 Å². The van der Waals surface area contributed by atoms with Gasteiger partial charge in [0.25, 0.3) is 0 Å². The fourth-order valence-electron chi connectivity index (χ4n) is 3.02. The monoisotopic (exact) mass is 412 g/mol. The first kappa shape index (κ1) is 19.8. The van der Waals surface area contributed by atoms with Crippen LogP contribution in [0.25, 0.3) is 10.9 Å². The number of benzene rings is 1. The number of likely N-dealkylation sites (N-methyl/N-ethyl adjacent to an activating group) is 1. The van der Waals surface area contributed by atoms with Crippen LogP contribution in [0.15, 0.2) is 16.6 Å². The van der Waals surface area contributed by atoms with E-state index in [-0.39, 0.29) is 5.97 Å². The Hall–Kier alpha value is -1.57. The summed E-state index contributed by atoms with van der Waals surface area (Å²) in [4.78, 5) is 14.4. The molecule has 0 spiro atoms. The van der Waals surface area contributed by atoms with Crippen LogP contribution in [-0.2, 0) is 11.3 Å². The largest absolute Gasteiger partial charge is 0.496 e. The highest BCUT2D eigenvalue weighted by Crippen LogP contribution is 2.35. The molecule has 1 aromatic heterocycles. The van der Waals surface area contributed by atoms with Crippen molar-refractivity contribution in [1.82, 2.24) is 9.47 Å². The molecular formula is C18H25BrN2O4. The molecule has 0 radical (unpaired) electrons. The fourth-order valence-corrected chi connectivity index (χ4v) is 3.51. The van der Waals surface area contributed by atoms with Crippen molar-refractivity contribution >= 4 is 32.8 Å². The molecule has 0 bridgehead atoms. The van der Waals surface area contributed by atoms with Gasteiger partial charge in [-0.3, -0.25) is 0 Å². The van der Waals surface area contributed by atoms with Crippen LogP contribution >= 0.6 is 15.9 Å². The van der Waals surface area contributed by atoms with Gasteiger partial charge in [-0.05, 0) is 56.0 Å². The molecule has 25 heavy (non-hydrogen) atoms. The van der Waals surface area contributed by atoms with Crippen LogP contribution in [0.5, 0.6) is 5.75 Å². The van der Waals surface area contributed by atoms with Crippen LogP contribution in [-0.4, -0.2) is 61.0 Å². The number of ether oxygens (including phenoxy) is 2. The summed E-state index contributed by atoms with van der Waals surface area (Å²) in [6.45, 7) is 4.88. The average molecular weight is 413 g/mol. The molecule has 0 saturated heterocycles. The Morgan fingerprint density at radius 3 is 2.64 bits per heavy atom. The molecule has 0 fully saturated rings. The molecule has 1 atom stereocenters.